The van der Waals surface area contributed by atoms with E-state index in [2.05, 4.69) is 12.2 Å². The highest BCUT2D eigenvalue weighted by atomic mass is 35.5. The van der Waals surface area contributed by atoms with Crippen molar-refractivity contribution >= 4 is 17.6 Å². The van der Waals surface area contributed by atoms with Crippen molar-refractivity contribution in [3.05, 3.63) is 11.8 Å². The molecule has 0 aromatic carbocycles. The predicted molar refractivity (Wildman–Crippen MR) is 63.0 cm³/mol. The van der Waals surface area contributed by atoms with E-state index in [4.69, 9.17) is 16.3 Å². The van der Waals surface area contributed by atoms with Crippen LogP contribution in [0.25, 0.3) is 0 Å². The SMILES string of the molecule is CCCCNC(=CCC(=O)OCC)CCl. The van der Waals surface area contributed by atoms with Crippen molar-refractivity contribution in [2.24, 2.45) is 0 Å². The van der Waals surface area contributed by atoms with Crippen LogP contribution in [0.4, 0.5) is 0 Å². The van der Waals surface area contributed by atoms with Crippen molar-refractivity contribution in [3.8, 4) is 0 Å². The molecule has 0 rings (SSSR count). The summed E-state index contributed by atoms with van der Waals surface area (Å²) < 4.78 is 4.81. The molecule has 0 aliphatic heterocycles. The fourth-order valence-corrected chi connectivity index (χ4v) is 1.23. The number of carbonyl (C=O) groups is 1. The Kier molecular flexibility index (Phi) is 9.38. The van der Waals surface area contributed by atoms with Gasteiger partial charge in [0.25, 0.3) is 0 Å². The van der Waals surface area contributed by atoms with Crippen molar-refractivity contribution in [1.29, 1.82) is 0 Å². The van der Waals surface area contributed by atoms with E-state index in [9.17, 15) is 4.79 Å². The number of halogens is 1. The minimum Gasteiger partial charge on any atom is -0.466 e. The highest BCUT2D eigenvalue weighted by Gasteiger charge is 2.00. The number of alkyl halides is 1. The zero-order valence-corrected chi connectivity index (χ0v) is 10.3. The number of carbonyl (C=O) groups excluding carboxylic acids is 1. The summed E-state index contributed by atoms with van der Waals surface area (Å²) in [5.41, 5.74) is 0.901. The lowest BCUT2D eigenvalue weighted by Gasteiger charge is -2.07. The lowest BCUT2D eigenvalue weighted by molar-refractivity contribution is -0.142. The molecule has 0 aromatic heterocycles. The van der Waals surface area contributed by atoms with Gasteiger partial charge in [0.2, 0.25) is 0 Å². The summed E-state index contributed by atoms with van der Waals surface area (Å²) in [6, 6.07) is 0. The van der Waals surface area contributed by atoms with E-state index in [1.807, 2.05) is 0 Å². The van der Waals surface area contributed by atoms with E-state index < -0.39 is 0 Å². The molecule has 0 saturated carbocycles. The van der Waals surface area contributed by atoms with Crippen LogP contribution in [0.5, 0.6) is 0 Å². The van der Waals surface area contributed by atoms with Crippen molar-refractivity contribution < 1.29 is 9.53 Å². The number of hydrogen-bond donors (Lipinski definition) is 1. The van der Waals surface area contributed by atoms with Gasteiger partial charge >= 0.3 is 5.97 Å². The van der Waals surface area contributed by atoms with Crippen LogP contribution in [-0.2, 0) is 9.53 Å². The third-order valence-electron chi connectivity index (χ3n) is 1.85. The molecule has 0 unspecified atom stereocenters. The second-order valence-corrected chi connectivity index (χ2v) is 3.42. The van der Waals surface area contributed by atoms with Crippen LogP contribution in [0.15, 0.2) is 11.8 Å². The van der Waals surface area contributed by atoms with Crippen LogP contribution in [0.1, 0.15) is 33.1 Å². The predicted octanol–water partition coefficient (Wildman–Crippen LogP) is 2.45. The quantitative estimate of drug-likeness (QED) is 0.398. The van der Waals surface area contributed by atoms with Crippen molar-refractivity contribution in [2.75, 3.05) is 19.0 Å². The summed E-state index contributed by atoms with van der Waals surface area (Å²) in [7, 11) is 0. The van der Waals surface area contributed by atoms with Crippen molar-refractivity contribution in [2.45, 2.75) is 33.1 Å². The zero-order valence-electron chi connectivity index (χ0n) is 9.51. The van der Waals surface area contributed by atoms with Gasteiger partial charge in [-0.15, -0.1) is 11.6 Å². The van der Waals surface area contributed by atoms with Crippen LogP contribution in [-0.4, -0.2) is 25.0 Å². The molecule has 0 fully saturated rings. The monoisotopic (exact) mass is 233 g/mol. The molecule has 15 heavy (non-hydrogen) atoms. The fraction of sp³-hybridized carbons (Fsp3) is 0.727. The second-order valence-electron chi connectivity index (χ2n) is 3.15. The molecule has 3 nitrogen and oxygen atoms in total. The second kappa shape index (κ2) is 9.84. The first-order valence-electron chi connectivity index (χ1n) is 5.39. The van der Waals surface area contributed by atoms with Gasteiger partial charge in [-0.25, -0.2) is 0 Å². The highest BCUT2D eigenvalue weighted by Crippen LogP contribution is 1.98. The van der Waals surface area contributed by atoms with Gasteiger partial charge in [0.15, 0.2) is 0 Å². The average Bonchev–Trinajstić information content (AvgIpc) is 2.23. The first-order chi connectivity index (χ1) is 7.24. The van der Waals surface area contributed by atoms with Crippen LogP contribution in [0.2, 0.25) is 0 Å². The number of ether oxygens (including phenoxy) is 1. The summed E-state index contributed by atoms with van der Waals surface area (Å²) >= 11 is 5.72. The normalized spacial score (nSPS) is 11.3. The Morgan fingerprint density at radius 2 is 2.20 bits per heavy atom. The maximum atomic E-state index is 11.1. The molecule has 0 aliphatic carbocycles. The minimum atomic E-state index is -0.211. The third-order valence-corrected chi connectivity index (χ3v) is 2.13. The molecule has 0 aromatic rings. The van der Waals surface area contributed by atoms with Crippen LogP contribution >= 0.6 is 11.6 Å². The first-order valence-corrected chi connectivity index (χ1v) is 5.92. The number of allylic oxidation sites excluding steroid dienone is 1. The number of esters is 1. The van der Waals surface area contributed by atoms with Gasteiger partial charge in [0.1, 0.15) is 0 Å². The summed E-state index contributed by atoms with van der Waals surface area (Å²) in [6.45, 7) is 5.25. The smallest absolute Gasteiger partial charge is 0.309 e. The van der Waals surface area contributed by atoms with Gasteiger partial charge in [-0.05, 0) is 13.3 Å². The van der Waals surface area contributed by atoms with E-state index >= 15 is 0 Å². The standard InChI is InChI=1S/C11H20ClNO2/c1-3-5-8-13-10(9-12)6-7-11(14)15-4-2/h6,13H,3-5,7-9H2,1-2H3. The lowest BCUT2D eigenvalue weighted by atomic mass is 10.3. The van der Waals surface area contributed by atoms with Gasteiger partial charge in [-0.1, -0.05) is 19.4 Å². The maximum Gasteiger partial charge on any atom is 0.309 e. The van der Waals surface area contributed by atoms with Gasteiger partial charge < -0.3 is 10.1 Å². The number of nitrogens with one attached hydrogen (secondary N) is 1. The molecule has 0 bridgehead atoms. The largest absolute Gasteiger partial charge is 0.466 e. The van der Waals surface area contributed by atoms with Gasteiger partial charge in [-0.2, -0.15) is 0 Å². The van der Waals surface area contributed by atoms with E-state index in [-0.39, 0.29) is 12.4 Å². The summed E-state index contributed by atoms with van der Waals surface area (Å²) in [5.74, 6) is 0.195. The molecule has 0 heterocycles. The van der Waals surface area contributed by atoms with Crippen LogP contribution in [0, 0.1) is 0 Å². The summed E-state index contributed by atoms with van der Waals surface area (Å²) in [6.07, 6.45) is 4.32. The Balaban J connectivity index is 3.82. The zero-order chi connectivity index (χ0) is 11.5. The number of unbranched alkanes of at least 4 members (excludes halogenated alkanes) is 1. The molecule has 0 spiro atoms. The Bertz CT molecular complexity index is 205. The fourth-order valence-electron chi connectivity index (χ4n) is 1.03. The molecule has 0 radical (unpaired) electrons. The van der Waals surface area contributed by atoms with Gasteiger partial charge in [0, 0.05) is 12.2 Å². The molecule has 0 atom stereocenters. The van der Waals surface area contributed by atoms with E-state index in [0.717, 1.165) is 25.1 Å². The summed E-state index contributed by atoms with van der Waals surface area (Å²) in [5, 5.41) is 3.19. The third kappa shape index (κ3) is 8.30. The number of rotatable bonds is 8. The molecular formula is C11H20ClNO2. The number of hydrogen-bond acceptors (Lipinski definition) is 3. The first kappa shape index (κ1) is 14.3. The van der Waals surface area contributed by atoms with Crippen molar-refractivity contribution in [1.82, 2.24) is 5.32 Å². The van der Waals surface area contributed by atoms with E-state index in [1.165, 1.54) is 0 Å². The molecule has 0 aliphatic rings. The molecule has 88 valence electrons. The molecule has 0 saturated heterocycles. The molecular weight excluding hydrogens is 214 g/mol. The van der Waals surface area contributed by atoms with E-state index in [1.54, 1.807) is 13.0 Å². The topological polar surface area (TPSA) is 38.3 Å². The molecule has 0 amide bonds. The van der Waals surface area contributed by atoms with Crippen LogP contribution < -0.4 is 5.32 Å². The Labute approximate surface area is 96.8 Å². The maximum absolute atomic E-state index is 11.1. The molecule has 4 heteroatoms. The lowest BCUT2D eigenvalue weighted by Crippen LogP contribution is -2.16. The Morgan fingerprint density at radius 1 is 1.47 bits per heavy atom. The highest BCUT2D eigenvalue weighted by molar-refractivity contribution is 6.19. The summed E-state index contributed by atoms with van der Waals surface area (Å²) in [4.78, 5) is 11.1. The Morgan fingerprint density at radius 3 is 2.73 bits per heavy atom. The molecule has 1 N–H and O–H groups in total. The van der Waals surface area contributed by atoms with Gasteiger partial charge in [0.05, 0.1) is 18.9 Å². The van der Waals surface area contributed by atoms with Crippen molar-refractivity contribution in [3.63, 3.8) is 0 Å². The minimum absolute atomic E-state index is 0.211. The average molecular weight is 234 g/mol. The van der Waals surface area contributed by atoms with Gasteiger partial charge in [-0.3, -0.25) is 4.79 Å². The Hall–Kier alpha value is -0.700. The van der Waals surface area contributed by atoms with Crippen LogP contribution in [0.3, 0.4) is 0 Å². The van der Waals surface area contributed by atoms with E-state index in [0.29, 0.717) is 12.5 Å².